The molecule has 0 unspecified atom stereocenters. The van der Waals surface area contributed by atoms with Gasteiger partial charge < -0.3 is 16.6 Å². The van der Waals surface area contributed by atoms with Gasteiger partial charge in [0, 0.05) is 12.2 Å². The number of carboxylic acid groups (broad SMARTS) is 1. The summed E-state index contributed by atoms with van der Waals surface area (Å²) in [7, 11) is 0. The van der Waals surface area contributed by atoms with Gasteiger partial charge in [0.1, 0.15) is 0 Å². The van der Waals surface area contributed by atoms with Gasteiger partial charge in [-0.25, -0.2) is 4.79 Å². The summed E-state index contributed by atoms with van der Waals surface area (Å²) in [5, 5.41) is 8.29. The molecular weight excluding hydrogens is 318 g/mol. The number of hydrogen-bond donors (Lipinski definition) is 3. The number of nitrogens with zero attached hydrogens (tertiary/aromatic N) is 1. The largest absolute Gasteiger partial charge is 0.478 e. The Morgan fingerprint density at radius 1 is 0.800 bits per heavy atom. The second-order valence-corrected chi connectivity index (χ2v) is 4.70. The van der Waals surface area contributed by atoms with Crippen molar-refractivity contribution in [3.63, 3.8) is 0 Å². The van der Waals surface area contributed by atoms with Crippen LogP contribution in [-0.4, -0.2) is 22.9 Å². The summed E-state index contributed by atoms with van der Waals surface area (Å²) < 4.78 is 0. The molecule has 5 N–H and O–H groups in total. The third-order valence-electron chi connectivity index (χ3n) is 2.68. The number of benzene rings is 2. The Hall–Kier alpha value is -3.67. The predicted molar refractivity (Wildman–Crippen MR) is 99.4 cm³/mol. The zero-order valence-electron chi connectivity index (χ0n) is 13.4. The van der Waals surface area contributed by atoms with Crippen molar-refractivity contribution in [1.29, 1.82) is 0 Å². The summed E-state index contributed by atoms with van der Waals surface area (Å²) in [6.45, 7) is 0. The number of rotatable bonds is 4. The molecule has 0 aliphatic rings. The highest BCUT2D eigenvalue weighted by Crippen LogP contribution is 2.01. The number of aliphatic carboxylic acids is 1. The summed E-state index contributed by atoms with van der Waals surface area (Å²) in [6, 6.07) is 18.7. The van der Waals surface area contributed by atoms with Gasteiger partial charge in [0.2, 0.25) is 0 Å². The molecule has 128 valence electrons. The van der Waals surface area contributed by atoms with Crippen LogP contribution in [0.2, 0.25) is 0 Å². The first-order valence-corrected chi connectivity index (χ1v) is 7.30. The minimum Gasteiger partial charge on any atom is -0.478 e. The molecule has 0 saturated carbocycles. The van der Waals surface area contributed by atoms with Crippen molar-refractivity contribution >= 4 is 30.0 Å². The van der Waals surface area contributed by atoms with E-state index in [4.69, 9.17) is 16.6 Å². The molecule has 0 spiro atoms. The molecule has 1 amide bonds. The van der Waals surface area contributed by atoms with E-state index in [1.165, 1.54) is 6.08 Å². The SMILES string of the molecule is NC(N)=NC(=O)/C=C/c1ccccc1.O=C(O)/C=C/c1ccccc1. The lowest BCUT2D eigenvalue weighted by molar-refractivity contribution is -0.131. The van der Waals surface area contributed by atoms with Crippen LogP contribution in [0.3, 0.4) is 0 Å². The highest BCUT2D eigenvalue weighted by molar-refractivity contribution is 5.99. The topological polar surface area (TPSA) is 119 Å². The van der Waals surface area contributed by atoms with Gasteiger partial charge >= 0.3 is 5.97 Å². The Morgan fingerprint density at radius 2 is 1.24 bits per heavy atom. The summed E-state index contributed by atoms with van der Waals surface area (Å²) in [5.74, 6) is -1.62. The van der Waals surface area contributed by atoms with E-state index in [2.05, 4.69) is 4.99 Å². The molecule has 0 radical (unpaired) electrons. The minimum atomic E-state index is -0.922. The third-order valence-corrected chi connectivity index (χ3v) is 2.68. The Balaban J connectivity index is 0.000000257. The van der Waals surface area contributed by atoms with Crippen molar-refractivity contribution in [3.05, 3.63) is 83.9 Å². The first-order chi connectivity index (χ1) is 12.0. The summed E-state index contributed by atoms with van der Waals surface area (Å²) >= 11 is 0. The van der Waals surface area contributed by atoms with Crippen LogP contribution in [0.5, 0.6) is 0 Å². The number of carbonyl (C=O) groups excluding carboxylic acids is 1. The minimum absolute atomic E-state index is 0.229. The van der Waals surface area contributed by atoms with Crippen molar-refractivity contribution in [2.75, 3.05) is 0 Å². The second-order valence-electron chi connectivity index (χ2n) is 4.70. The predicted octanol–water partition coefficient (Wildman–Crippen LogP) is 2.28. The zero-order valence-corrected chi connectivity index (χ0v) is 13.4. The molecular formula is C19H19N3O3. The van der Waals surface area contributed by atoms with Crippen LogP contribution in [0.4, 0.5) is 0 Å². The molecule has 0 heterocycles. The van der Waals surface area contributed by atoms with E-state index in [1.54, 1.807) is 12.2 Å². The van der Waals surface area contributed by atoms with Crippen LogP contribution < -0.4 is 11.5 Å². The van der Waals surface area contributed by atoms with Crippen LogP contribution in [0, 0.1) is 0 Å². The van der Waals surface area contributed by atoms with Gasteiger partial charge in [-0.3, -0.25) is 4.79 Å². The molecule has 2 rings (SSSR count). The molecule has 25 heavy (non-hydrogen) atoms. The van der Waals surface area contributed by atoms with Crippen LogP contribution in [0.15, 0.2) is 77.8 Å². The first kappa shape index (κ1) is 19.4. The summed E-state index contributed by atoms with van der Waals surface area (Å²) in [5.41, 5.74) is 11.9. The van der Waals surface area contributed by atoms with E-state index >= 15 is 0 Å². The Bertz CT molecular complexity index is 763. The number of guanidine groups is 1. The zero-order chi connectivity index (χ0) is 18.5. The van der Waals surface area contributed by atoms with Crippen LogP contribution in [-0.2, 0) is 9.59 Å². The Kier molecular flexibility index (Phi) is 8.49. The highest BCUT2D eigenvalue weighted by atomic mass is 16.4. The quantitative estimate of drug-likeness (QED) is 0.449. The fraction of sp³-hybridized carbons (Fsp3) is 0. The molecule has 2 aromatic carbocycles. The van der Waals surface area contributed by atoms with E-state index in [9.17, 15) is 9.59 Å². The maximum atomic E-state index is 11.0. The first-order valence-electron chi connectivity index (χ1n) is 7.30. The molecule has 0 aliphatic carbocycles. The lowest BCUT2D eigenvalue weighted by atomic mass is 10.2. The number of amides is 1. The summed E-state index contributed by atoms with van der Waals surface area (Å²) in [6.07, 6.45) is 5.64. The highest BCUT2D eigenvalue weighted by Gasteiger charge is 1.91. The average Bonchev–Trinajstić information content (AvgIpc) is 2.60. The van der Waals surface area contributed by atoms with Crippen LogP contribution in [0.1, 0.15) is 11.1 Å². The smallest absolute Gasteiger partial charge is 0.328 e. The third kappa shape index (κ3) is 9.85. The van der Waals surface area contributed by atoms with Crippen molar-refractivity contribution < 1.29 is 14.7 Å². The summed E-state index contributed by atoms with van der Waals surface area (Å²) in [4.78, 5) is 24.4. The van der Waals surface area contributed by atoms with Crippen molar-refractivity contribution in [1.82, 2.24) is 0 Å². The normalized spacial score (nSPS) is 10.1. The molecule has 6 nitrogen and oxygen atoms in total. The number of aliphatic imine (C=N–C) groups is 1. The van der Waals surface area contributed by atoms with E-state index < -0.39 is 11.9 Å². The lowest BCUT2D eigenvalue weighted by Gasteiger charge is -1.90. The molecule has 2 aromatic rings. The van der Waals surface area contributed by atoms with Gasteiger partial charge in [0.25, 0.3) is 5.91 Å². The lowest BCUT2D eigenvalue weighted by Crippen LogP contribution is -2.23. The molecule has 0 bridgehead atoms. The van der Waals surface area contributed by atoms with E-state index in [0.29, 0.717) is 0 Å². The van der Waals surface area contributed by atoms with Crippen molar-refractivity contribution in [2.45, 2.75) is 0 Å². The number of hydrogen-bond acceptors (Lipinski definition) is 2. The fourth-order valence-electron chi connectivity index (χ4n) is 1.63. The van der Waals surface area contributed by atoms with Crippen molar-refractivity contribution in [3.8, 4) is 0 Å². The van der Waals surface area contributed by atoms with Gasteiger partial charge in [0.15, 0.2) is 5.96 Å². The van der Waals surface area contributed by atoms with Gasteiger partial charge in [-0.15, -0.1) is 0 Å². The van der Waals surface area contributed by atoms with Crippen LogP contribution in [0.25, 0.3) is 12.2 Å². The second kappa shape index (κ2) is 11.0. The molecule has 6 heteroatoms. The van der Waals surface area contributed by atoms with E-state index in [1.807, 2.05) is 60.7 Å². The Morgan fingerprint density at radius 3 is 1.64 bits per heavy atom. The molecule has 0 aromatic heterocycles. The van der Waals surface area contributed by atoms with Crippen molar-refractivity contribution in [2.24, 2.45) is 16.5 Å². The number of nitrogens with two attached hydrogens (primary N) is 2. The maximum absolute atomic E-state index is 11.0. The van der Waals surface area contributed by atoms with E-state index in [0.717, 1.165) is 17.2 Å². The molecule has 0 fully saturated rings. The average molecular weight is 337 g/mol. The van der Waals surface area contributed by atoms with Crippen LogP contribution >= 0.6 is 0 Å². The fourth-order valence-corrected chi connectivity index (χ4v) is 1.63. The maximum Gasteiger partial charge on any atom is 0.328 e. The van der Waals surface area contributed by atoms with Gasteiger partial charge in [-0.1, -0.05) is 60.7 Å². The monoisotopic (exact) mass is 337 g/mol. The molecule has 0 atom stereocenters. The standard InChI is InChI=1S/C10H11N3O.C9H8O2/c11-10(12)13-9(14)7-6-8-4-2-1-3-5-8;10-9(11)7-6-8-4-2-1-3-5-8/h1-7H,(H4,11,12,13,14);1-7H,(H,10,11)/b2*7-6+. The number of carboxylic acids is 1. The van der Waals surface area contributed by atoms with Gasteiger partial charge in [-0.05, 0) is 23.3 Å². The number of carbonyl (C=O) groups is 2. The molecule has 0 saturated heterocycles. The van der Waals surface area contributed by atoms with E-state index in [-0.39, 0.29) is 5.96 Å². The van der Waals surface area contributed by atoms with Gasteiger partial charge in [0.05, 0.1) is 0 Å². The molecule has 0 aliphatic heterocycles. The van der Waals surface area contributed by atoms with Gasteiger partial charge in [-0.2, -0.15) is 4.99 Å². The Labute approximate surface area is 145 Å².